The summed E-state index contributed by atoms with van der Waals surface area (Å²) in [5.74, 6) is 0. The summed E-state index contributed by atoms with van der Waals surface area (Å²) < 4.78 is 25.9. The van der Waals surface area contributed by atoms with Gasteiger partial charge in [-0.05, 0) is 32.0 Å². The molecule has 0 bridgehead atoms. The largest absolute Gasteiger partial charge is 0.289 e. The maximum atomic E-state index is 12.7. The Bertz CT molecular complexity index is 1020. The number of fused-ring (bicyclic) bond motifs is 1. The van der Waals surface area contributed by atoms with E-state index in [0.717, 1.165) is 5.56 Å². The highest BCUT2D eigenvalue weighted by atomic mass is 32.2. The molecule has 2 aromatic carbocycles. The molecule has 0 radical (unpaired) electrons. The summed E-state index contributed by atoms with van der Waals surface area (Å²) in [5.41, 5.74) is 0.793. The molecule has 0 amide bonds. The van der Waals surface area contributed by atoms with Gasteiger partial charge in [-0.15, -0.1) is 4.09 Å². The average Bonchev–Trinajstić information content (AvgIpc) is 2.51. The molecule has 0 N–H and O–H groups in total. The molecule has 6 heteroatoms. The molecule has 0 unspecified atom stereocenters. The Balaban J connectivity index is 2.32. The Morgan fingerprint density at radius 1 is 0.909 bits per heavy atom. The monoisotopic (exact) mass is 314 g/mol. The van der Waals surface area contributed by atoms with Crippen LogP contribution in [0.3, 0.4) is 0 Å². The van der Waals surface area contributed by atoms with Crippen LogP contribution in [-0.2, 0) is 10.0 Å². The second-order valence-corrected chi connectivity index (χ2v) is 6.86. The number of rotatable bonds is 2. The minimum atomic E-state index is -4.01. The van der Waals surface area contributed by atoms with Gasteiger partial charge >= 0.3 is 0 Å². The van der Waals surface area contributed by atoms with E-state index in [1.807, 2.05) is 6.92 Å². The zero-order chi connectivity index (χ0) is 15.9. The maximum absolute atomic E-state index is 12.7. The van der Waals surface area contributed by atoms with E-state index in [-0.39, 0.29) is 4.90 Å². The number of aryl methyl sites for hydroxylation is 2. The Morgan fingerprint density at radius 3 is 2.14 bits per heavy atom. The molecular formula is C16H14N2O3S. The van der Waals surface area contributed by atoms with Crippen molar-refractivity contribution in [2.75, 3.05) is 0 Å². The summed E-state index contributed by atoms with van der Waals surface area (Å²) in [7, 11) is -4.01. The first-order valence-corrected chi connectivity index (χ1v) is 8.16. The van der Waals surface area contributed by atoms with Gasteiger partial charge in [-0.25, -0.2) is 0 Å². The van der Waals surface area contributed by atoms with Crippen molar-refractivity contribution in [1.29, 1.82) is 0 Å². The first kappa shape index (κ1) is 14.5. The van der Waals surface area contributed by atoms with Crippen molar-refractivity contribution in [2.45, 2.75) is 18.7 Å². The normalized spacial score (nSPS) is 11.7. The first-order chi connectivity index (χ1) is 10.4. The van der Waals surface area contributed by atoms with Crippen molar-refractivity contribution >= 4 is 20.8 Å². The summed E-state index contributed by atoms with van der Waals surface area (Å²) in [6.45, 7) is 3.55. The average molecular weight is 314 g/mol. The summed E-state index contributed by atoms with van der Waals surface area (Å²) >= 11 is 0. The highest BCUT2D eigenvalue weighted by Crippen LogP contribution is 2.16. The van der Waals surface area contributed by atoms with Gasteiger partial charge in [-0.2, -0.15) is 13.5 Å². The van der Waals surface area contributed by atoms with Crippen molar-refractivity contribution in [3.8, 4) is 0 Å². The molecule has 0 saturated carbocycles. The second kappa shape index (κ2) is 5.06. The van der Waals surface area contributed by atoms with E-state index in [4.69, 9.17) is 0 Å². The molecule has 0 aliphatic carbocycles. The fourth-order valence-corrected chi connectivity index (χ4v) is 3.52. The number of nitrogens with zero attached hydrogens (tertiary/aromatic N) is 2. The third-order valence-corrected chi connectivity index (χ3v) is 5.08. The molecule has 1 heterocycles. The van der Waals surface area contributed by atoms with Crippen LogP contribution in [0.25, 0.3) is 10.8 Å². The highest BCUT2D eigenvalue weighted by molar-refractivity contribution is 7.89. The van der Waals surface area contributed by atoms with Crippen molar-refractivity contribution in [1.82, 2.24) is 9.19 Å². The molecule has 1 aromatic heterocycles. The number of aromatic nitrogens is 2. The quantitative estimate of drug-likeness (QED) is 0.727. The first-order valence-electron chi connectivity index (χ1n) is 6.72. The van der Waals surface area contributed by atoms with Gasteiger partial charge in [0.25, 0.3) is 15.6 Å². The van der Waals surface area contributed by atoms with Gasteiger partial charge in [-0.3, -0.25) is 4.79 Å². The summed E-state index contributed by atoms with van der Waals surface area (Å²) in [6, 6.07) is 13.2. The molecule has 3 rings (SSSR count). The smallest absolute Gasteiger partial charge is 0.266 e. The lowest BCUT2D eigenvalue weighted by atomic mass is 10.1. The second-order valence-electron chi connectivity index (χ2n) is 5.10. The summed E-state index contributed by atoms with van der Waals surface area (Å²) in [5, 5.41) is 4.98. The highest BCUT2D eigenvalue weighted by Gasteiger charge is 2.21. The topological polar surface area (TPSA) is 69.0 Å². The van der Waals surface area contributed by atoms with Crippen molar-refractivity contribution in [2.24, 2.45) is 0 Å². The van der Waals surface area contributed by atoms with Crippen LogP contribution < -0.4 is 5.56 Å². The van der Waals surface area contributed by atoms with Crippen molar-refractivity contribution in [3.63, 3.8) is 0 Å². The Labute approximate surface area is 127 Å². The van der Waals surface area contributed by atoms with E-state index in [0.29, 0.717) is 20.6 Å². The van der Waals surface area contributed by atoms with Crippen LogP contribution in [-0.4, -0.2) is 17.6 Å². The number of hydrogen-bond donors (Lipinski definition) is 0. The van der Waals surface area contributed by atoms with Crippen LogP contribution in [0.15, 0.2) is 58.2 Å². The standard InChI is InChI=1S/C16H14N2O3S/c1-11-7-9-13(10-8-11)22(20,21)18-16(19)15-6-4-3-5-14(15)12(2)17-18/h3-10H,1-2H3. The van der Waals surface area contributed by atoms with Crippen LogP contribution in [0.2, 0.25) is 0 Å². The summed E-state index contributed by atoms with van der Waals surface area (Å²) in [6.07, 6.45) is 0. The number of hydrogen-bond acceptors (Lipinski definition) is 4. The van der Waals surface area contributed by atoms with Gasteiger partial charge in [0, 0.05) is 5.39 Å². The van der Waals surface area contributed by atoms with E-state index in [1.165, 1.54) is 12.1 Å². The third-order valence-electron chi connectivity index (χ3n) is 3.51. The fraction of sp³-hybridized carbons (Fsp3) is 0.125. The Hall–Kier alpha value is -2.47. The van der Waals surface area contributed by atoms with Crippen LogP contribution in [0.5, 0.6) is 0 Å². The molecule has 0 fully saturated rings. The fourth-order valence-electron chi connectivity index (χ4n) is 2.30. The summed E-state index contributed by atoms with van der Waals surface area (Å²) in [4.78, 5) is 12.5. The predicted octanol–water partition coefficient (Wildman–Crippen LogP) is 2.25. The minimum Gasteiger partial charge on any atom is -0.266 e. The minimum absolute atomic E-state index is 0.0439. The molecule has 0 saturated heterocycles. The van der Waals surface area contributed by atoms with E-state index in [1.54, 1.807) is 43.3 Å². The Kier molecular flexibility index (Phi) is 3.33. The van der Waals surface area contributed by atoms with E-state index in [9.17, 15) is 13.2 Å². The van der Waals surface area contributed by atoms with Crippen LogP contribution >= 0.6 is 0 Å². The zero-order valence-electron chi connectivity index (χ0n) is 12.1. The van der Waals surface area contributed by atoms with Crippen molar-refractivity contribution in [3.05, 3.63) is 70.1 Å². The molecule has 5 nitrogen and oxygen atoms in total. The lowest BCUT2D eigenvalue weighted by Gasteiger charge is -2.09. The van der Waals surface area contributed by atoms with E-state index >= 15 is 0 Å². The molecule has 0 aliphatic rings. The van der Waals surface area contributed by atoms with Crippen molar-refractivity contribution < 1.29 is 8.42 Å². The van der Waals surface area contributed by atoms with Crippen LogP contribution in [0, 0.1) is 13.8 Å². The maximum Gasteiger partial charge on any atom is 0.289 e. The molecule has 3 aromatic rings. The van der Waals surface area contributed by atoms with Gasteiger partial charge in [0.1, 0.15) is 0 Å². The van der Waals surface area contributed by atoms with Gasteiger partial charge in [0.15, 0.2) is 0 Å². The van der Waals surface area contributed by atoms with Gasteiger partial charge < -0.3 is 0 Å². The number of benzene rings is 2. The third kappa shape index (κ3) is 2.21. The van der Waals surface area contributed by atoms with E-state index < -0.39 is 15.6 Å². The molecule has 112 valence electrons. The SMILES string of the molecule is Cc1ccc(S(=O)(=O)n2nc(C)c3ccccc3c2=O)cc1. The van der Waals surface area contributed by atoms with Crippen LogP contribution in [0.4, 0.5) is 0 Å². The molecular weight excluding hydrogens is 300 g/mol. The van der Waals surface area contributed by atoms with Gasteiger partial charge in [0.2, 0.25) is 0 Å². The molecule has 0 spiro atoms. The van der Waals surface area contributed by atoms with Gasteiger partial charge in [-0.1, -0.05) is 35.9 Å². The van der Waals surface area contributed by atoms with Crippen LogP contribution in [0.1, 0.15) is 11.3 Å². The zero-order valence-corrected chi connectivity index (χ0v) is 13.0. The molecule has 0 aliphatic heterocycles. The predicted molar refractivity (Wildman–Crippen MR) is 84.5 cm³/mol. The lowest BCUT2D eigenvalue weighted by molar-refractivity contribution is 0.575. The van der Waals surface area contributed by atoms with E-state index in [2.05, 4.69) is 5.10 Å². The molecule has 0 atom stereocenters. The van der Waals surface area contributed by atoms with Gasteiger partial charge in [0.05, 0.1) is 16.0 Å². The lowest BCUT2D eigenvalue weighted by Crippen LogP contribution is -2.30. The Morgan fingerprint density at radius 2 is 1.50 bits per heavy atom. The molecule has 22 heavy (non-hydrogen) atoms.